The predicted octanol–water partition coefficient (Wildman–Crippen LogP) is 3.85. The molecule has 2 aliphatic rings. The van der Waals surface area contributed by atoms with Crippen molar-refractivity contribution in [3.8, 4) is 0 Å². The molecule has 0 atom stereocenters. The first kappa shape index (κ1) is 21.4. The number of piperidine rings is 2. The Morgan fingerprint density at radius 3 is 2.29 bits per heavy atom. The monoisotopic (exact) mass is 340 g/mol. The van der Waals surface area contributed by atoms with Crippen LogP contribution < -0.4 is 5.32 Å². The molecule has 1 N–H and O–H groups in total. The molecular formula is C20H40N2O2. The van der Waals surface area contributed by atoms with Crippen molar-refractivity contribution >= 4 is 5.91 Å². The number of carbonyl (C=O) groups excluding carboxylic acids is 1. The maximum absolute atomic E-state index is 12.2. The van der Waals surface area contributed by atoms with Crippen molar-refractivity contribution in [1.29, 1.82) is 0 Å². The molecule has 1 spiro atoms. The summed E-state index contributed by atoms with van der Waals surface area (Å²) in [5.74, 6) is 1.02. The van der Waals surface area contributed by atoms with Crippen molar-refractivity contribution in [3.05, 3.63) is 0 Å². The average molecular weight is 341 g/mol. The van der Waals surface area contributed by atoms with Crippen molar-refractivity contribution in [2.45, 2.75) is 72.6 Å². The normalized spacial score (nSPS) is 20.0. The van der Waals surface area contributed by atoms with Gasteiger partial charge in [0, 0.05) is 19.7 Å². The summed E-state index contributed by atoms with van der Waals surface area (Å²) in [7, 11) is 0. The van der Waals surface area contributed by atoms with Gasteiger partial charge in [-0.2, -0.15) is 0 Å². The average Bonchev–Trinajstić information content (AvgIpc) is 2.60. The number of nitrogens with zero attached hydrogens (tertiary/aromatic N) is 1. The number of hydrogen-bond donors (Lipinski definition) is 1. The lowest BCUT2D eigenvalue weighted by Crippen LogP contribution is -2.47. The molecule has 2 rings (SSSR count). The topological polar surface area (TPSA) is 41.6 Å². The molecular weight excluding hydrogens is 300 g/mol. The van der Waals surface area contributed by atoms with E-state index in [4.69, 9.17) is 4.74 Å². The van der Waals surface area contributed by atoms with E-state index in [0.29, 0.717) is 18.4 Å². The minimum absolute atomic E-state index is 0.285. The highest BCUT2D eigenvalue weighted by Crippen LogP contribution is 2.39. The molecule has 0 saturated carbocycles. The van der Waals surface area contributed by atoms with Crippen LogP contribution in [-0.4, -0.2) is 50.2 Å². The molecule has 0 aromatic carbocycles. The third-order valence-corrected chi connectivity index (χ3v) is 5.37. The third-order valence-electron chi connectivity index (χ3n) is 5.37. The zero-order valence-electron chi connectivity index (χ0n) is 16.5. The van der Waals surface area contributed by atoms with Crippen LogP contribution in [0.3, 0.4) is 0 Å². The Kier molecular flexibility index (Phi) is 10.6. The lowest BCUT2D eigenvalue weighted by Gasteiger charge is -2.44. The van der Waals surface area contributed by atoms with Gasteiger partial charge in [0.2, 0.25) is 5.91 Å². The molecule has 0 unspecified atom stereocenters. The molecule has 0 radical (unpaired) electrons. The van der Waals surface area contributed by atoms with E-state index in [1.807, 2.05) is 13.8 Å². The standard InChI is InChI=1S/C18H34N2O2.C2H6/c1-16(2)4-3-14-22-15-5-17(21)20-12-8-18(9-13-20)6-10-19-11-7-18;1-2/h16,19H,3-15H2,1-2H3;1-2H3. The minimum atomic E-state index is 0.285. The second-order valence-electron chi connectivity index (χ2n) is 7.53. The van der Waals surface area contributed by atoms with Gasteiger partial charge < -0.3 is 15.0 Å². The number of likely N-dealkylation sites (tertiary alicyclic amines) is 1. The summed E-state index contributed by atoms with van der Waals surface area (Å²) < 4.78 is 5.60. The Labute approximate surface area is 149 Å². The SMILES string of the molecule is CC.CC(C)CCCOCCC(=O)N1CCC2(CCNCC2)CC1. The lowest BCUT2D eigenvalue weighted by molar-refractivity contribution is -0.135. The van der Waals surface area contributed by atoms with Gasteiger partial charge in [-0.25, -0.2) is 0 Å². The molecule has 142 valence electrons. The van der Waals surface area contributed by atoms with Crippen LogP contribution in [-0.2, 0) is 9.53 Å². The van der Waals surface area contributed by atoms with Crippen LogP contribution in [0, 0.1) is 11.3 Å². The van der Waals surface area contributed by atoms with Crippen molar-refractivity contribution in [2.75, 3.05) is 39.4 Å². The van der Waals surface area contributed by atoms with Gasteiger partial charge in [0.1, 0.15) is 0 Å². The molecule has 24 heavy (non-hydrogen) atoms. The molecule has 2 heterocycles. The number of amides is 1. The van der Waals surface area contributed by atoms with Gasteiger partial charge in [0.25, 0.3) is 0 Å². The van der Waals surface area contributed by atoms with E-state index in [0.717, 1.165) is 45.1 Å². The number of rotatable bonds is 7. The minimum Gasteiger partial charge on any atom is -0.381 e. The summed E-state index contributed by atoms with van der Waals surface area (Å²) in [5, 5.41) is 3.44. The fourth-order valence-corrected chi connectivity index (χ4v) is 3.70. The lowest BCUT2D eigenvalue weighted by atomic mass is 9.71. The van der Waals surface area contributed by atoms with Crippen molar-refractivity contribution < 1.29 is 9.53 Å². The maximum atomic E-state index is 12.2. The quantitative estimate of drug-likeness (QED) is 0.716. The van der Waals surface area contributed by atoms with Gasteiger partial charge >= 0.3 is 0 Å². The third kappa shape index (κ3) is 7.52. The highest BCUT2D eigenvalue weighted by atomic mass is 16.5. The molecule has 2 aliphatic heterocycles. The summed E-state index contributed by atoms with van der Waals surface area (Å²) in [6, 6.07) is 0. The first-order valence-electron chi connectivity index (χ1n) is 10.2. The highest BCUT2D eigenvalue weighted by molar-refractivity contribution is 5.76. The Balaban J connectivity index is 0.00000139. The van der Waals surface area contributed by atoms with Gasteiger partial charge in [0.15, 0.2) is 0 Å². The van der Waals surface area contributed by atoms with E-state index in [2.05, 4.69) is 24.1 Å². The van der Waals surface area contributed by atoms with Crippen LogP contribution in [0.25, 0.3) is 0 Å². The summed E-state index contributed by atoms with van der Waals surface area (Å²) >= 11 is 0. The highest BCUT2D eigenvalue weighted by Gasteiger charge is 2.36. The zero-order chi connectivity index (χ0) is 17.8. The van der Waals surface area contributed by atoms with Crippen LogP contribution in [0.4, 0.5) is 0 Å². The Hall–Kier alpha value is -0.610. The first-order chi connectivity index (χ1) is 11.6. The van der Waals surface area contributed by atoms with E-state index in [1.54, 1.807) is 0 Å². The molecule has 2 fully saturated rings. The summed E-state index contributed by atoms with van der Waals surface area (Å²) in [5.41, 5.74) is 0.523. The van der Waals surface area contributed by atoms with Gasteiger partial charge in [-0.05, 0) is 62.9 Å². The van der Waals surface area contributed by atoms with E-state index in [9.17, 15) is 4.79 Å². The van der Waals surface area contributed by atoms with Crippen LogP contribution >= 0.6 is 0 Å². The van der Waals surface area contributed by atoms with Gasteiger partial charge in [0.05, 0.1) is 13.0 Å². The molecule has 1 amide bonds. The second kappa shape index (κ2) is 11.9. The molecule has 4 heteroatoms. The number of hydrogen-bond acceptors (Lipinski definition) is 3. The first-order valence-corrected chi connectivity index (χ1v) is 10.2. The smallest absolute Gasteiger partial charge is 0.224 e. The molecule has 0 aliphatic carbocycles. The van der Waals surface area contributed by atoms with Crippen molar-refractivity contribution in [1.82, 2.24) is 10.2 Å². The van der Waals surface area contributed by atoms with Gasteiger partial charge in [-0.15, -0.1) is 0 Å². The van der Waals surface area contributed by atoms with Gasteiger partial charge in [-0.1, -0.05) is 27.7 Å². The van der Waals surface area contributed by atoms with Gasteiger partial charge in [-0.3, -0.25) is 4.79 Å². The fraction of sp³-hybridized carbons (Fsp3) is 0.950. The Bertz CT molecular complexity index is 329. The molecule has 0 aromatic rings. The maximum Gasteiger partial charge on any atom is 0.224 e. The molecule has 0 aromatic heterocycles. The van der Waals surface area contributed by atoms with Crippen LogP contribution in [0.15, 0.2) is 0 Å². The van der Waals surface area contributed by atoms with Crippen LogP contribution in [0.2, 0.25) is 0 Å². The summed E-state index contributed by atoms with van der Waals surface area (Å²) in [6.07, 6.45) is 7.81. The number of carbonyl (C=O) groups is 1. The van der Waals surface area contributed by atoms with Crippen LogP contribution in [0.5, 0.6) is 0 Å². The van der Waals surface area contributed by atoms with Crippen LogP contribution in [0.1, 0.15) is 72.6 Å². The van der Waals surface area contributed by atoms with E-state index >= 15 is 0 Å². The zero-order valence-corrected chi connectivity index (χ0v) is 16.5. The number of ether oxygens (including phenoxy) is 1. The largest absolute Gasteiger partial charge is 0.381 e. The predicted molar refractivity (Wildman–Crippen MR) is 101 cm³/mol. The molecule has 4 nitrogen and oxygen atoms in total. The Morgan fingerprint density at radius 2 is 1.71 bits per heavy atom. The second-order valence-corrected chi connectivity index (χ2v) is 7.53. The number of nitrogens with one attached hydrogen (secondary N) is 1. The molecule has 0 bridgehead atoms. The molecule has 2 saturated heterocycles. The Morgan fingerprint density at radius 1 is 1.08 bits per heavy atom. The van der Waals surface area contributed by atoms with E-state index < -0.39 is 0 Å². The van der Waals surface area contributed by atoms with Crippen molar-refractivity contribution in [2.24, 2.45) is 11.3 Å². The fourth-order valence-electron chi connectivity index (χ4n) is 3.70. The van der Waals surface area contributed by atoms with E-state index in [-0.39, 0.29) is 5.91 Å². The van der Waals surface area contributed by atoms with E-state index in [1.165, 1.54) is 32.1 Å². The summed E-state index contributed by atoms with van der Waals surface area (Å²) in [4.78, 5) is 14.3. The van der Waals surface area contributed by atoms with Crippen molar-refractivity contribution in [3.63, 3.8) is 0 Å². The summed E-state index contributed by atoms with van der Waals surface area (Å²) in [6.45, 7) is 14.0.